The van der Waals surface area contributed by atoms with Crippen LogP contribution in [0.25, 0.3) is 0 Å². The van der Waals surface area contributed by atoms with Gasteiger partial charge < -0.3 is 10.4 Å². The van der Waals surface area contributed by atoms with E-state index in [9.17, 15) is 4.79 Å². The van der Waals surface area contributed by atoms with Crippen molar-refractivity contribution in [2.75, 3.05) is 0 Å². The zero-order chi connectivity index (χ0) is 15.2. The third-order valence-corrected chi connectivity index (χ3v) is 3.35. The van der Waals surface area contributed by atoms with E-state index in [2.05, 4.69) is 48.4 Å². The highest BCUT2D eigenvalue weighted by atomic mass is 16.4. The molecule has 0 aliphatic carbocycles. The molecule has 0 fully saturated rings. The second kappa shape index (κ2) is 6.99. The number of benzene rings is 1. The number of carbonyl (C=O) groups is 1. The van der Waals surface area contributed by atoms with Crippen molar-refractivity contribution in [2.24, 2.45) is 0 Å². The van der Waals surface area contributed by atoms with Crippen LogP contribution >= 0.6 is 0 Å². The first-order valence-electron chi connectivity index (χ1n) is 7.04. The number of aromatic carboxylic acids is 1. The number of carboxylic acids is 1. The zero-order valence-electron chi connectivity index (χ0n) is 12.3. The topological polar surface area (TPSA) is 62.2 Å². The molecule has 4 nitrogen and oxygen atoms in total. The summed E-state index contributed by atoms with van der Waals surface area (Å²) in [6, 6.07) is 11.9. The normalized spacial score (nSPS) is 10.8. The lowest BCUT2D eigenvalue weighted by Crippen LogP contribution is -2.14. The Morgan fingerprint density at radius 1 is 1.14 bits per heavy atom. The molecule has 1 aromatic heterocycles. The van der Waals surface area contributed by atoms with Gasteiger partial charge in [0.25, 0.3) is 0 Å². The van der Waals surface area contributed by atoms with E-state index in [1.807, 2.05) is 0 Å². The smallest absolute Gasteiger partial charge is 0.337 e. The van der Waals surface area contributed by atoms with Crippen LogP contribution in [-0.2, 0) is 13.1 Å². The van der Waals surface area contributed by atoms with E-state index in [4.69, 9.17) is 5.11 Å². The first-order valence-corrected chi connectivity index (χ1v) is 7.04. The third kappa shape index (κ3) is 4.39. The molecule has 2 aromatic rings. The molecule has 1 heterocycles. The fourth-order valence-corrected chi connectivity index (χ4v) is 2.01. The van der Waals surface area contributed by atoms with E-state index in [-0.39, 0.29) is 5.56 Å². The number of carboxylic acid groups (broad SMARTS) is 1. The highest BCUT2D eigenvalue weighted by Crippen LogP contribution is 2.14. The number of hydrogen-bond donors (Lipinski definition) is 2. The molecule has 0 saturated heterocycles. The van der Waals surface area contributed by atoms with Gasteiger partial charge in [-0.2, -0.15) is 0 Å². The predicted octanol–water partition coefficient (Wildman–Crippen LogP) is 3.19. The molecule has 110 valence electrons. The fourth-order valence-electron chi connectivity index (χ4n) is 2.01. The van der Waals surface area contributed by atoms with Crippen molar-refractivity contribution >= 4 is 5.97 Å². The van der Waals surface area contributed by atoms with Gasteiger partial charge in [0, 0.05) is 19.3 Å². The molecule has 2 N–H and O–H groups in total. The molecule has 0 saturated carbocycles. The van der Waals surface area contributed by atoms with Gasteiger partial charge in [0.2, 0.25) is 0 Å². The Bertz CT molecular complexity index is 589. The maximum atomic E-state index is 10.7. The molecule has 0 bridgehead atoms. The maximum absolute atomic E-state index is 10.7. The lowest BCUT2D eigenvalue weighted by atomic mass is 10.0. The Hall–Kier alpha value is -2.20. The van der Waals surface area contributed by atoms with Gasteiger partial charge >= 0.3 is 5.97 Å². The van der Waals surface area contributed by atoms with Crippen molar-refractivity contribution < 1.29 is 9.90 Å². The Balaban J connectivity index is 1.85. The van der Waals surface area contributed by atoms with Crippen molar-refractivity contribution in [2.45, 2.75) is 32.9 Å². The van der Waals surface area contributed by atoms with Crippen LogP contribution in [0.3, 0.4) is 0 Å². The summed E-state index contributed by atoms with van der Waals surface area (Å²) < 4.78 is 0. The monoisotopic (exact) mass is 284 g/mol. The molecule has 0 aliphatic heterocycles. The highest BCUT2D eigenvalue weighted by molar-refractivity contribution is 5.87. The Kier molecular flexibility index (Phi) is 5.06. The second-order valence-electron chi connectivity index (χ2n) is 5.34. The molecule has 1 aromatic carbocycles. The first-order chi connectivity index (χ1) is 10.1. The van der Waals surface area contributed by atoms with Crippen LogP contribution in [0.1, 0.15) is 46.9 Å². The van der Waals surface area contributed by atoms with Crippen molar-refractivity contribution in [1.82, 2.24) is 10.3 Å². The van der Waals surface area contributed by atoms with Gasteiger partial charge in [-0.05, 0) is 29.2 Å². The molecule has 0 atom stereocenters. The summed E-state index contributed by atoms with van der Waals surface area (Å²) in [7, 11) is 0. The van der Waals surface area contributed by atoms with Gasteiger partial charge in [-0.15, -0.1) is 0 Å². The highest BCUT2D eigenvalue weighted by Gasteiger charge is 2.03. The SMILES string of the molecule is CC(C)c1ccc(CNCc2ccc(C(=O)O)cn2)cc1. The van der Waals surface area contributed by atoms with Gasteiger partial charge in [0.1, 0.15) is 0 Å². The minimum absolute atomic E-state index is 0.211. The van der Waals surface area contributed by atoms with E-state index in [1.54, 1.807) is 12.1 Å². The summed E-state index contributed by atoms with van der Waals surface area (Å²) in [5.41, 5.74) is 3.60. The number of pyridine rings is 1. The lowest BCUT2D eigenvalue weighted by Gasteiger charge is -2.08. The summed E-state index contributed by atoms with van der Waals surface area (Å²) in [5.74, 6) is -0.406. The summed E-state index contributed by atoms with van der Waals surface area (Å²) in [6.45, 7) is 5.74. The average Bonchev–Trinajstić information content (AvgIpc) is 2.48. The summed E-state index contributed by atoms with van der Waals surface area (Å²) in [5, 5.41) is 12.1. The Labute approximate surface area is 124 Å². The molecular weight excluding hydrogens is 264 g/mol. The van der Waals surface area contributed by atoms with Crippen molar-refractivity contribution in [3.05, 3.63) is 65.0 Å². The third-order valence-electron chi connectivity index (χ3n) is 3.35. The van der Waals surface area contributed by atoms with E-state index in [0.29, 0.717) is 12.5 Å². The molecular formula is C17H20N2O2. The molecule has 0 spiro atoms. The number of aromatic nitrogens is 1. The summed E-state index contributed by atoms with van der Waals surface area (Å²) in [6.07, 6.45) is 1.39. The summed E-state index contributed by atoms with van der Waals surface area (Å²) >= 11 is 0. The van der Waals surface area contributed by atoms with Crippen LogP contribution in [0, 0.1) is 0 Å². The van der Waals surface area contributed by atoms with Crippen molar-refractivity contribution in [3.63, 3.8) is 0 Å². The van der Waals surface area contributed by atoms with Crippen LogP contribution in [0.4, 0.5) is 0 Å². The van der Waals surface area contributed by atoms with E-state index < -0.39 is 5.97 Å². The van der Waals surface area contributed by atoms with E-state index >= 15 is 0 Å². The minimum atomic E-state index is -0.952. The average molecular weight is 284 g/mol. The zero-order valence-corrected chi connectivity index (χ0v) is 12.3. The van der Waals surface area contributed by atoms with Gasteiger partial charge in [-0.1, -0.05) is 38.1 Å². The quantitative estimate of drug-likeness (QED) is 0.855. The standard InChI is InChI=1S/C17H20N2O2/c1-12(2)14-5-3-13(4-6-14)9-18-11-16-8-7-15(10-19-16)17(20)21/h3-8,10,12,18H,9,11H2,1-2H3,(H,20,21). The summed E-state index contributed by atoms with van der Waals surface area (Å²) in [4.78, 5) is 14.9. The van der Waals surface area contributed by atoms with Crippen LogP contribution in [0.5, 0.6) is 0 Å². The van der Waals surface area contributed by atoms with Crippen LogP contribution in [-0.4, -0.2) is 16.1 Å². The molecule has 0 amide bonds. The Morgan fingerprint density at radius 3 is 2.38 bits per heavy atom. The lowest BCUT2D eigenvalue weighted by molar-refractivity contribution is 0.0696. The fraction of sp³-hybridized carbons (Fsp3) is 0.294. The maximum Gasteiger partial charge on any atom is 0.337 e. The Morgan fingerprint density at radius 2 is 1.86 bits per heavy atom. The molecule has 0 radical (unpaired) electrons. The van der Waals surface area contributed by atoms with Gasteiger partial charge in [0.15, 0.2) is 0 Å². The van der Waals surface area contributed by atoms with Crippen molar-refractivity contribution in [3.8, 4) is 0 Å². The minimum Gasteiger partial charge on any atom is -0.478 e. The second-order valence-corrected chi connectivity index (χ2v) is 5.34. The molecule has 4 heteroatoms. The predicted molar refractivity (Wildman–Crippen MR) is 82.3 cm³/mol. The van der Waals surface area contributed by atoms with Crippen molar-refractivity contribution in [1.29, 1.82) is 0 Å². The number of nitrogens with zero attached hydrogens (tertiary/aromatic N) is 1. The van der Waals surface area contributed by atoms with Gasteiger partial charge in [0.05, 0.1) is 11.3 Å². The van der Waals surface area contributed by atoms with Gasteiger partial charge in [-0.25, -0.2) is 4.79 Å². The van der Waals surface area contributed by atoms with Crippen LogP contribution in [0.2, 0.25) is 0 Å². The van der Waals surface area contributed by atoms with E-state index in [0.717, 1.165) is 12.2 Å². The molecule has 0 aliphatic rings. The number of hydrogen-bond acceptors (Lipinski definition) is 3. The molecule has 2 rings (SSSR count). The van der Waals surface area contributed by atoms with E-state index in [1.165, 1.54) is 17.3 Å². The molecule has 0 unspecified atom stereocenters. The van der Waals surface area contributed by atoms with Gasteiger partial charge in [-0.3, -0.25) is 4.98 Å². The largest absolute Gasteiger partial charge is 0.478 e. The molecule has 21 heavy (non-hydrogen) atoms. The van der Waals surface area contributed by atoms with Crippen LogP contribution < -0.4 is 5.32 Å². The first kappa shape index (κ1) is 15.2. The number of nitrogens with one attached hydrogen (secondary N) is 1. The number of rotatable bonds is 6. The van der Waals surface area contributed by atoms with Crippen LogP contribution in [0.15, 0.2) is 42.6 Å².